The fraction of sp³-hybridized carbons (Fsp3) is 0.333. The number of nitrogens with two attached hydrogens (primary N) is 1. The first-order chi connectivity index (χ1) is 6.50. The number of halogens is 1. The van der Waals surface area contributed by atoms with Gasteiger partial charge >= 0.3 is 0 Å². The number of hydrogen-bond donors (Lipinski definition) is 1. The molecular weight excluding hydrogens is 238 g/mol. The van der Waals surface area contributed by atoms with Crippen molar-refractivity contribution in [1.82, 2.24) is 0 Å². The van der Waals surface area contributed by atoms with Crippen molar-refractivity contribution >= 4 is 15.9 Å². The second-order valence-electron chi connectivity index (χ2n) is 3.77. The lowest BCUT2D eigenvalue weighted by atomic mass is 9.97. The molecule has 2 heteroatoms. The van der Waals surface area contributed by atoms with E-state index in [2.05, 4.69) is 41.6 Å². The molecule has 1 unspecified atom stereocenters. The van der Waals surface area contributed by atoms with Crippen LogP contribution in [0.25, 0.3) is 0 Å². The minimum absolute atomic E-state index is 0.0602. The third-order valence-electron chi connectivity index (χ3n) is 2.21. The maximum Gasteiger partial charge on any atom is 0.0335 e. The molecule has 0 fully saturated rings. The molecule has 0 radical (unpaired) electrons. The third-order valence-corrected chi connectivity index (χ3v) is 2.70. The topological polar surface area (TPSA) is 26.0 Å². The SMILES string of the molecule is C=C(C)CC(N)c1cc(Br)ccc1C. The van der Waals surface area contributed by atoms with Gasteiger partial charge in [-0.25, -0.2) is 0 Å². The van der Waals surface area contributed by atoms with E-state index in [4.69, 9.17) is 5.73 Å². The van der Waals surface area contributed by atoms with E-state index in [0.29, 0.717) is 0 Å². The lowest BCUT2D eigenvalue weighted by Crippen LogP contribution is -2.11. The van der Waals surface area contributed by atoms with Crippen LogP contribution in [0, 0.1) is 6.92 Å². The Bertz CT molecular complexity index is 344. The maximum absolute atomic E-state index is 6.08. The van der Waals surface area contributed by atoms with Gasteiger partial charge in [0.05, 0.1) is 0 Å². The van der Waals surface area contributed by atoms with Gasteiger partial charge in [-0.05, 0) is 43.5 Å². The Balaban J connectivity index is 2.93. The molecule has 0 amide bonds. The Hall–Kier alpha value is -0.600. The number of benzene rings is 1. The van der Waals surface area contributed by atoms with E-state index in [1.54, 1.807) is 0 Å². The average molecular weight is 254 g/mol. The van der Waals surface area contributed by atoms with Crippen molar-refractivity contribution in [2.24, 2.45) is 5.73 Å². The zero-order chi connectivity index (χ0) is 10.7. The van der Waals surface area contributed by atoms with Gasteiger partial charge in [-0.15, -0.1) is 6.58 Å². The van der Waals surface area contributed by atoms with Crippen molar-refractivity contribution in [3.63, 3.8) is 0 Å². The monoisotopic (exact) mass is 253 g/mol. The molecule has 76 valence electrons. The molecule has 1 aromatic rings. The van der Waals surface area contributed by atoms with Crippen LogP contribution in [0.2, 0.25) is 0 Å². The lowest BCUT2D eigenvalue weighted by molar-refractivity contribution is 0.711. The van der Waals surface area contributed by atoms with Crippen LogP contribution < -0.4 is 5.73 Å². The van der Waals surface area contributed by atoms with E-state index in [0.717, 1.165) is 16.5 Å². The van der Waals surface area contributed by atoms with Gasteiger partial charge in [0.15, 0.2) is 0 Å². The minimum Gasteiger partial charge on any atom is -0.324 e. The van der Waals surface area contributed by atoms with E-state index in [9.17, 15) is 0 Å². The van der Waals surface area contributed by atoms with Gasteiger partial charge in [0.25, 0.3) is 0 Å². The second-order valence-corrected chi connectivity index (χ2v) is 4.68. The molecule has 0 heterocycles. The molecule has 2 N–H and O–H groups in total. The van der Waals surface area contributed by atoms with E-state index in [-0.39, 0.29) is 6.04 Å². The van der Waals surface area contributed by atoms with Crippen LogP contribution in [0.1, 0.15) is 30.5 Å². The summed E-state index contributed by atoms with van der Waals surface area (Å²) in [5.74, 6) is 0. The lowest BCUT2D eigenvalue weighted by Gasteiger charge is -2.15. The summed E-state index contributed by atoms with van der Waals surface area (Å²) in [4.78, 5) is 0. The van der Waals surface area contributed by atoms with Gasteiger partial charge < -0.3 is 5.73 Å². The van der Waals surface area contributed by atoms with Crippen molar-refractivity contribution in [3.8, 4) is 0 Å². The van der Waals surface area contributed by atoms with Crippen molar-refractivity contribution in [3.05, 3.63) is 46.0 Å². The largest absolute Gasteiger partial charge is 0.324 e. The number of rotatable bonds is 3. The first-order valence-electron chi connectivity index (χ1n) is 4.66. The highest BCUT2D eigenvalue weighted by Crippen LogP contribution is 2.24. The van der Waals surface area contributed by atoms with Crippen molar-refractivity contribution in [2.45, 2.75) is 26.3 Å². The molecular formula is C12H16BrN. The summed E-state index contributed by atoms with van der Waals surface area (Å²) in [6.07, 6.45) is 0.845. The summed E-state index contributed by atoms with van der Waals surface area (Å²) in [6, 6.07) is 6.26. The predicted octanol–water partition coefficient (Wildman–Crippen LogP) is 3.72. The Morgan fingerprint density at radius 2 is 2.21 bits per heavy atom. The van der Waals surface area contributed by atoms with Crippen LogP contribution in [0.5, 0.6) is 0 Å². The molecule has 1 atom stereocenters. The summed E-state index contributed by atoms with van der Waals surface area (Å²) in [7, 11) is 0. The van der Waals surface area contributed by atoms with E-state index in [1.807, 2.05) is 13.0 Å². The molecule has 0 aromatic heterocycles. The highest BCUT2D eigenvalue weighted by Gasteiger charge is 2.09. The summed E-state index contributed by atoms with van der Waals surface area (Å²) >= 11 is 3.45. The van der Waals surface area contributed by atoms with Crippen molar-refractivity contribution < 1.29 is 0 Å². The molecule has 0 aliphatic heterocycles. The second kappa shape index (κ2) is 4.76. The molecule has 1 nitrogen and oxygen atoms in total. The zero-order valence-electron chi connectivity index (χ0n) is 8.68. The fourth-order valence-corrected chi connectivity index (χ4v) is 1.87. The van der Waals surface area contributed by atoms with E-state index >= 15 is 0 Å². The highest BCUT2D eigenvalue weighted by molar-refractivity contribution is 9.10. The van der Waals surface area contributed by atoms with Crippen LogP contribution in [-0.4, -0.2) is 0 Å². The van der Waals surface area contributed by atoms with Gasteiger partial charge in [-0.1, -0.05) is 27.6 Å². The highest BCUT2D eigenvalue weighted by atomic mass is 79.9. The summed E-state index contributed by atoms with van der Waals surface area (Å²) in [5.41, 5.74) is 9.64. The molecule has 0 bridgehead atoms. The average Bonchev–Trinajstić information content (AvgIpc) is 2.08. The summed E-state index contributed by atoms with van der Waals surface area (Å²) in [5, 5.41) is 0. The third kappa shape index (κ3) is 2.96. The smallest absolute Gasteiger partial charge is 0.0335 e. The first-order valence-corrected chi connectivity index (χ1v) is 5.46. The van der Waals surface area contributed by atoms with Gasteiger partial charge in [0, 0.05) is 10.5 Å². The molecule has 0 aliphatic carbocycles. The first kappa shape index (κ1) is 11.5. The zero-order valence-corrected chi connectivity index (χ0v) is 10.3. The maximum atomic E-state index is 6.08. The molecule has 0 spiro atoms. The Labute approximate surface area is 94.1 Å². The predicted molar refractivity (Wildman–Crippen MR) is 65.2 cm³/mol. The molecule has 0 saturated heterocycles. The Kier molecular flexibility index (Phi) is 3.90. The normalized spacial score (nSPS) is 12.6. The van der Waals surface area contributed by atoms with Crippen molar-refractivity contribution in [2.75, 3.05) is 0 Å². The Morgan fingerprint density at radius 3 is 2.79 bits per heavy atom. The van der Waals surface area contributed by atoms with E-state index in [1.165, 1.54) is 11.1 Å². The standard InChI is InChI=1S/C12H16BrN/c1-8(2)6-12(14)11-7-10(13)5-4-9(11)3/h4-5,7,12H,1,6,14H2,2-3H3. The molecule has 1 aromatic carbocycles. The summed E-state index contributed by atoms with van der Waals surface area (Å²) < 4.78 is 1.08. The number of aryl methyl sites for hydroxylation is 1. The molecule has 0 aliphatic rings. The van der Waals surface area contributed by atoms with Crippen molar-refractivity contribution in [1.29, 1.82) is 0 Å². The quantitative estimate of drug-likeness (QED) is 0.817. The number of hydrogen-bond acceptors (Lipinski definition) is 1. The van der Waals surface area contributed by atoms with Gasteiger partial charge in [0.2, 0.25) is 0 Å². The Morgan fingerprint density at radius 1 is 1.57 bits per heavy atom. The molecule has 14 heavy (non-hydrogen) atoms. The van der Waals surface area contributed by atoms with Gasteiger partial charge in [0.1, 0.15) is 0 Å². The minimum atomic E-state index is 0.0602. The van der Waals surface area contributed by atoms with Crippen LogP contribution in [0.4, 0.5) is 0 Å². The summed E-state index contributed by atoms with van der Waals surface area (Å²) in [6.45, 7) is 7.97. The van der Waals surface area contributed by atoms with Crippen LogP contribution >= 0.6 is 15.9 Å². The molecule has 0 saturated carbocycles. The van der Waals surface area contributed by atoms with Crippen LogP contribution in [0.3, 0.4) is 0 Å². The van der Waals surface area contributed by atoms with Gasteiger partial charge in [-0.2, -0.15) is 0 Å². The molecule has 1 rings (SSSR count). The fourth-order valence-electron chi connectivity index (χ4n) is 1.50. The van der Waals surface area contributed by atoms with E-state index < -0.39 is 0 Å². The van der Waals surface area contributed by atoms with Crippen LogP contribution in [-0.2, 0) is 0 Å². The van der Waals surface area contributed by atoms with Gasteiger partial charge in [-0.3, -0.25) is 0 Å². The van der Waals surface area contributed by atoms with Crippen LogP contribution in [0.15, 0.2) is 34.8 Å².